The first-order valence-corrected chi connectivity index (χ1v) is 6.96. The number of methoxy groups -OCH3 is 1. The normalized spacial score (nSPS) is 14.5. The molecule has 0 aliphatic heterocycles. The zero-order valence-electron chi connectivity index (χ0n) is 10.7. The van der Waals surface area contributed by atoms with Crippen LogP contribution < -0.4 is 5.32 Å². The van der Waals surface area contributed by atoms with Crippen molar-refractivity contribution in [1.82, 2.24) is 5.32 Å². The van der Waals surface area contributed by atoms with Gasteiger partial charge in [-0.2, -0.15) is 0 Å². The standard InChI is InChI=1S/C13H19BrClNO2/c1-13(5-6-17,9-18-2)16-8-10-7-11(15)3-4-12(10)14/h3-4,7,16-17H,5-6,8-9H2,1-2H3. The third-order valence-corrected chi connectivity index (χ3v) is 3.85. The highest BCUT2D eigenvalue weighted by Crippen LogP contribution is 2.22. The van der Waals surface area contributed by atoms with Crippen molar-refractivity contribution in [3.63, 3.8) is 0 Å². The number of hydrogen-bond acceptors (Lipinski definition) is 3. The van der Waals surface area contributed by atoms with Crippen LogP contribution in [0.1, 0.15) is 18.9 Å². The van der Waals surface area contributed by atoms with Gasteiger partial charge in [-0.1, -0.05) is 27.5 Å². The summed E-state index contributed by atoms with van der Waals surface area (Å²) >= 11 is 9.47. The molecule has 0 aliphatic rings. The largest absolute Gasteiger partial charge is 0.396 e. The van der Waals surface area contributed by atoms with Crippen LogP contribution in [0, 0.1) is 0 Å². The third kappa shape index (κ3) is 4.86. The smallest absolute Gasteiger partial charge is 0.0642 e. The van der Waals surface area contributed by atoms with Crippen LogP contribution in [0.5, 0.6) is 0 Å². The summed E-state index contributed by atoms with van der Waals surface area (Å²) in [7, 11) is 1.66. The van der Waals surface area contributed by atoms with Crippen LogP contribution in [-0.4, -0.2) is 31.0 Å². The molecule has 0 spiro atoms. The molecule has 102 valence electrons. The lowest BCUT2D eigenvalue weighted by Gasteiger charge is -2.30. The Balaban J connectivity index is 2.69. The molecule has 0 fully saturated rings. The lowest BCUT2D eigenvalue weighted by molar-refractivity contribution is 0.0969. The summed E-state index contributed by atoms with van der Waals surface area (Å²) in [5, 5.41) is 13.2. The van der Waals surface area contributed by atoms with Gasteiger partial charge in [0.15, 0.2) is 0 Å². The molecule has 1 atom stereocenters. The topological polar surface area (TPSA) is 41.5 Å². The van der Waals surface area contributed by atoms with Crippen molar-refractivity contribution in [3.05, 3.63) is 33.3 Å². The Morgan fingerprint density at radius 3 is 2.83 bits per heavy atom. The molecular weight excluding hydrogens is 318 g/mol. The SMILES string of the molecule is COCC(C)(CCO)NCc1cc(Cl)ccc1Br. The third-order valence-electron chi connectivity index (χ3n) is 2.84. The summed E-state index contributed by atoms with van der Waals surface area (Å²) in [6, 6.07) is 5.70. The zero-order valence-corrected chi connectivity index (χ0v) is 13.0. The molecule has 3 nitrogen and oxygen atoms in total. The van der Waals surface area contributed by atoms with Gasteiger partial charge in [0.2, 0.25) is 0 Å². The monoisotopic (exact) mass is 335 g/mol. The van der Waals surface area contributed by atoms with Gasteiger partial charge in [0.05, 0.1) is 6.61 Å². The maximum absolute atomic E-state index is 9.10. The van der Waals surface area contributed by atoms with E-state index in [9.17, 15) is 0 Å². The van der Waals surface area contributed by atoms with Crippen LogP contribution in [0.15, 0.2) is 22.7 Å². The molecule has 1 aromatic carbocycles. The van der Waals surface area contributed by atoms with Crippen molar-refractivity contribution < 1.29 is 9.84 Å². The van der Waals surface area contributed by atoms with Crippen LogP contribution in [0.2, 0.25) is 5.02 Å². The number of benzene rings is 1. The van der Waals surface area contributed by atoms with E-state index in [0.717, 1.165) is 10.0 Å². The van der Waals surface area contributed by atoms with E-state index in [-0.39, 0.29) is 12.1 Å². The lowest BCUT2D eigenvalue weighted by Crippen LogP contribution is -2.46. The number of halogens is 2. The van der Waals surface area contributed by atoms with E-state index in [4.69, 9.17) is 21.4 Å². The minimum atomic E-state index is -0.245. The summed E-state index contributed by atoms with van der Waals surface area (Å²) < 4.78 is 6.21. The molecule has 0 aliphatic carbocycles. The highest BCUT2D eigenvalue weighted by Gasteiger charge is 2.23. The molecular formula is C13H19BrClNO2. The molecule has 18 heavy (non-hydrogen) atoms. The van der Waals surface area contributed by atoms with Crippen LogP contribution in [0.25, 0.3) is 0 Å². The fourth-order valence-corrected chi connectivity index (χ4v) is 2.35. The zero-order chi connectivity index (χ0) is 13.6. The Morgan fingerprint density at radius 2 is 2.22 bits per heavy atom. The Bertz CT molecular complexity index is 381. The minimum absolute atomic E-state index is 0.129. The molecule has 0 aromatic heterocycles. The van der Waals surface area contributed by atoms with Gasteiger partial charge in [-0.05, 0) is 37.1 Å². The molecule has 0 saturated carbocycles. The number of aliphatic hydroxyl groups excluding tert-OH is 1. The average molecular weight is 337 g/mol. The summed E-state index contributed by atoms with van der Waals surface area (Å²) in [5.41, 5.74) is 0.841. The van der Waals surface area contributed by atoms with Gasteiger partial charge < -0.3 is 15.2 Å². The van der Waals surface area contributed by atoms with E-state index in [0.29, 0.717) is 24.6 Å². The van der Waals surface area contributed by atoms with Crippen molar-refractivity contribution in [2.24, 2.45) is 0 Å². The average Bonchev–Trinajstić information content (AvgIpc) is 2.31. The summed E-state index contributed by atoms with van der Waals surface area (Å²) in [6.45, 7) is 3.38. The second-order valence-electron chi connectivity index (χ2n) is 4.56. The van der Waals surface area contributed by atoms with Crippen LogP contribution in [0.3, 0.4) is 0 Å². The quantitative estimate of drug-likeness (QED) is 0.804. The van der Waals surface area contributed by atoms with E-state index in [1.165, 1.54) is 0 Å². The number of aliphatic hydroxyl groups is 1. The molecule has 0 bridgehead atoms. The number of nitrogens with one attached hydrogen (secondary N) is 1. The van der Waals surface area contributed by atoms with Gasteiger partial charge >= 0.3 is 0 Å². The summed E-state index contributed by atoms with van der Waals surface area (Å²) in [6.07, 6.45) is 0.638. The van der Waals surface area contributed by atoms with Crippen LogP contribution in [-0.2, 0) is 11.3 Å². The predicted octanol–water partition coefficient (Wildman–Crippen LogP) is 2.98. The molecule has 1 rings (SSSR count). The van der Waals surface area contributed by atoms with Gasteiger partial charge in [-0.3, -0.25) is 0 Å². The van der Waals surface area contributed by atoms with Gasteiger partial charge in [-0.25, -0.2) is 0 Å². The van der Waals surface area contributed by atoms with Crippen molar-refractivity contribution in [1.29, 1.82) is 0 Å². The van der Waals surface area contributed by atoms with Crippen molar-refractivity contribution in [2.75, 3.05) is 20.3 Å². The van der Waals surface area contributed by atoms with E-state index in [2.05, 4.69) is 21.2 Å². The molecule has 2 N–H and O–H groups in total. The molecule has 0 radical (unpaired) electrons. The highest BCUT2D eigenvalue weighted by atomic mass is 79.9. The molecule has 0 heterocycles. The van der Waals surface area contributed by atoms with Crippen LogP contribution >= 0.6 is 27.5 Å². The van der Waals surface area contributed by atoms with Crippen LogP contribution in [0.4, 0.5) is 0 Å². The molecule has 0 saturated heterocycles. The van der Waals surface area contributed by atoms with E-state index >= 15 is 0 Å². The first-order chi connectivity index (χ1) is 8.50. The molecule has 0 amide bonds. The van der Waals surface area contributed by atoms with Gasteiger partial charge in [0, 0.05) is 35.3 Å². The fourth-order valence-electron chi connectivity index (χ4n) is 1.76. The molecule has 5 heteroatoms. The predicted molar refractivity (Wildman–Crippen MR) is 78.0 cm³/mol. The van der Waals surface area contributed by atoms with Crippen molar-refractivity contribution in [2.45, 2.75) is 25.4 Å². The van der Waals surface area contributed by atoms with E-state index in [1.807, 2.05) is 25.1 Å². The summed E-state index contributed by atoms with van der Waals surface area (Å²) in [4.78, 5) is 0. The van der Waals surface area contributed by atoms with E-state index < -0.39 is 0 Å². The Labute approximate surface area is 122 Å². The lowest BCUT2D eigenvalue weighted by atomic mass is 9.99. The van der Waals surface area contributed by atoms with Crippen molar-refractivity contribution in [3.8, 4) is 0 Å². The maximum Gasteiger partial charge on any atom is 0.0642 e. The van der Waals surface area contributed by atoms with E-state index in [1.54, 1.807) is 7.11 Å². The van der Waals surface area contributed by atoms with Gasteiger partial charge in [-0.15, -0.1) is 0 Å². The Morgan fingerprint density at radius 1 is 1.50 bits per heavy atom. The number of hydrogen-bond donors (Lipinski definition) is 2. The molecule has 1 unspecified atom stereocenters. The number of ether oxygens (including phenoxy) is 1. The maximum atomic E-state index is 9.10. The minimum Gasteiger partial charge on any atom is -0.396 e. The molecule has 1 aromatic rings. The second kappa shape index (κ2) is 7.46. The number of rotatable bonds is 7. The first-order valence-electron chi connectivity index (χ1n) is 5.79. The first kappa shape index (κ1) is 15.9. The van der Waals surface area contributed by atoms with Crippen molar-refractivity contribution >= 4 is 27.5 Å². The second-order valence-corrected chi connectivity index (χ2v) is 5.85. The van der Waals surface area contributed by atoms with Gasteiger partial charge in [0.25, 0.3) is 0 Å². The highest BCUT2D eigenvalue weighted by molar-refractivity contribution is 9.10. The Hall–Kier alpha value is -0.130. The summed E-state index contributed by atoms with van der Waals surface area (Å²) in [5.74, 6) is 0. The van der Waals surface area contributed by atoms with Gasteiger partial charge in [0.1, 0.15) is 0 Å². The fraction of sp³-hybridized carbons (Fsp3) is 0.538. The Kier molecular flexibility index (Phi) is 6.60.